The third-order valence-electron chi connectivity index (χ3n) is 3.28. The van der Waals surface area contributed by atoms with Crippen LogP contribution in [0.25, 0.3) is 0 Å². The largest absolute Gasteiger partial charge is 0.315 e. The number of hydrogen-bond acceptors (Lipinski definition) is 3. The normalized spacial score (nSPS) is 13.4. The van der Waals surface area contributed by atoms with E-state index >= 15 is 0 Å². The number of aryl methyl sites for hydroxylation is 1. The quantitative estimate of drug-likeness (QED) is 0.798. The standard InChI is InChI=1S/C15H25NO2S/c1-4-16-14(3)9-7-11-19(17,18)12-15-10-6-5-8-13(15)2/h5-6,8,10,14,16H,4,7,9,11-12H2,1-3H3. The van der Waals surface area contributed by atoms with Gasteiger partial charge in [0.15, 0.2) is 9.84 Å². The van der Waals surface area contributed by atoms with E-state index in [1.807, 2.05) is 31.2 Å². The molecule has 0 radical (unpaired) electrons. The van der Waals surface area contributed by atoms with Gasteiger partial charge < -0.3 is 5.32 Å². The van der Waals surface area contributed by atoms with Crippen molar-refractivity contribution in [1.82, 2.24) is 5.32 Å². The molecule has 0 aliphatic rings. The van der Waals surface area contributed by atoms with Gasteiger partial charge in [0.05, 0.1) is 11.5 Å². The first-order valence-corrected chi connectivity index (χ1v) is 8.75. The van der Waals surface area contributed by atoms with Crippen LogP contribution in [0.2, 0.25) is 0 Å². The SMILES string of the molecule is CCNC(C)CCCS(=O)(=O)Cc1ccccc1C. The van der Waals surface area contributed by atoms with Crippen LogP contribution in [0.3, 0.4) is 0 Å². The molecule has 1 N–H and O–H groups in total. The predicted octanol–water partition coefficient (Wildman–Crippen LogP) is 2.69. The van der Waals surface area contributed by atoms with Crippen LogP contribution < -0.4 is 5.32 Å². The van der Waals surface area contributed by atoms with E-state index in [2.05, 4.69) is 19.2 Å². The Morgan fingerprint density at radius 2 is 1.95 bits per heavy atom. The molecule has 108 valence electrons. The predicted molar refractivity (Wildman–Crippen MR) is 81.0 cm³/mol. The molecular weight excluding hydrogens is 258 g/mol. The van der Waals surface area contributed by atoms with Crippen molar-refractivity contribution < 1.29 is 8.42 Å². The summed E-state index contributed by atoms with van der Waals surface area (Å²) < 4.78 is 24.1. The first kappa shape index (κ1) is 16.2. The molecule has 0 bridgehead atoms. The smallest absolute Gasteiger partial charge is 0.154 e. The molecule has 0 heterocycles. The molecule has 1 atom stereocenters. The molecule has 0 saturated heterocycles. The fourth-order valence-electron chi connectivity index (χ4n) is 2.14. The van der Waals surface area contributed by atoms with E-state index in [4.69, 9.17) is 0 Å². The van der Waals surface area contributed by atoms with Crippen LogP contribution in [-0.4, -0.2) is 26.8 Å². The van der Waals surface area contributed by atoms with Crippen molar-refractivity contribution >= 4 is 9.84 Å². The zero-order chi connectivity index (χ0) is 14.3. The van der Waals surface area contributed by atoms with Crippen LogP contribution in [0.4, 0.5) is 0 Å². The summed E-state index contributed by atoms with van der Waals surface area (Å²) >= 11 is 0. The highest BCUT2D eigenvalue weighted by atomic mass is 32.2. The highest BCUT2D eigenvalue weighted by Gasteiger charge is 2.13. The molecule has 1 unspecified atom stereocenters. The molecule has 0 fully saturated rings. The van der Waals surface area contributed by atoms with Gasteiger partial charge in [0, 0.05) is 6.04 Å². The molecule has 0 spiro atoms. The molecule has 0 aliphatic carbocycles. The Morgan fingerprint density at radius 1 is 1.26 bits per heavy atom. The Bertz CT molecular complexity index is 483. The Labute approximate surface area is 117 Å². The lowest BCUT2D eigenvalue weighted by molar-refractivity contribution is 0.520. The Balaban J connectivity index is 2.47. The molecule has 3 nitrogen and oxygen atoms in total. The minimum Gasteiger partial charge on any atom is -0.315 e. The molecule has 4 heteroatoms. The summed E-state index contributed by atoms with van der Waals surface area (Å²) in [6.07, 6.45) is 1.63. The van der Waals surface area contributed by atoms with E-state index in [0.717, 1.165) is 30.5 Å². The molecule has 1 aromatic rings. The van der Waals surface area contributed by atoms with Gasteiger partial charge in [0.2, 0.25) is 0 Å². The third-order valence-corrected chi connectivity index (χ3v) is 4.94. The lowest BCUT2D eigenvalue weighted by atomic mass is 10.1. The van der Waals surface area contributed by atoms with E-state index in [1.165, 1.54) is 0 Å². The van der Waals surface area contributed by atoms with E-state index in [1.54, 1.807) is 0 Å². The Hall–Kier alpha value is -0.870. The second kappa shape index (κ2) is 7.65. The first-order valence-electron chi connectivity index (χ1n) is 6.93. The maximum atomic E-state index is 12.1. The number of benzene rings is 1. The van der Waals surface area contributed by atoms with Crippen molar-refractivity contribution in [2.45, 2.75) is 45.4 Å². The van der Waals surface area contributed by atoms with Gasteiger partial charge in [0.1, 0.15) is 0 Å². The van der Waals surface area contributed by atoms with Gasteiger partial charge in [-0.2, -0.15) is 0 Å². The lowest BCUT2D eigenvalue weighted by Crippen LogP contribution is -2.26. The average Bonchev–Trinajstić information content (AvgIpc) is 2.32. The summed E-state index contributed by atoms with van der Waals surface area (Å²) in [6, 6.07) is 8.07. The number of nitrogens with one attached hydrogen (secondary N) is 1. The van der Waals surface area contributed by atoms with Crippen LogP contribution in [0, 0.1) is 6.92 Å². The molecule has 0 aliphatic heterocycles. The van der Waals surface area contributed by atoms with Crippen molar-refractivity contribution in [3.05, 3.63) is 35.4 Å². The van der Waals surface area contributed by atoms with Crippen molar-refractivity contribution in [1.29, 1.82) is 0 Å². The fourth-order valence-corrected chi connectivity index (χ4v) is 3.69. The summed E-state index contributed by atoms with van der Waals surface area (Å²) in [7, 11) is -3.00. The Morgan fingerprint density at radius 3 is 2.58 bits per heavy atom. The molecule has 1 rings (SSSR count). The molecule has 1 aromatic carbocycles. The van der Waals surface area contributed by atoms with Gasteiger partial charge in [-0.15, -0.1) is 0 Å². The third kappa shape index (κ3) is 6.21. The summed E-state index contributed by atoms with van der Waals surface area (Å²) in [5.74, 6) is 0.437. The molecule has 0 aromatic heterocycles. The monoisotopic (exact) mass is 283 g/mol. The number of sulfone groups is 1. The highest BCUT2D eigenvalue weighted by Crippen LogP contribution is 2.13. The van der Waals surface area contributed by atoms with Crippen LogP contribution in [0.1, 0.15) is 37.8 Å². The summed E-state index contributed by atoms with van der Waals surface area (Å²) in [6.45, 7) is 7.04. The second-order valence-corrected chi connectivity index (χ2v) is 7.30. The molecule has 0 amide bonds. The first-order chi connectivity index (χ1) is 8.94. The van der Waals surface area contributed by atoms with E-state index in [0.29, 0.717) is 6.04 Å². The van der Waals surface area contributed by atoms with E-state index in [9.17, 15) is 8.42 Å². The fraction of sp³-hybridized carbons (Fsp3) is 0.600. The second-order valence-electron chi connectivity index (χ2n) is 5.12. The van der Waals surface area contributed by atoms with Gasteiger partial charge in [0.25, 0.3) is 0 Å². The molecule has 0 saturated carbocycles. The van der Waals surface area contributed by atoms with Gasteiger partial charge in [-0.1, -0.05) is 31.2 Å². The minimum absolute atomic E-state index is 0.162. The van der Waals surface area contributed by atoms with Crippen LogP contribution in [0.15, 0.2) is 24.3 Å². The number of hydrogen-bond donors (Lipinski definition) is 1. The van der Waals surface area contributed by atoms with Crippen molar-refractivity contribution in [2.75, 3.05) is 12.3 Å². The highest BCUT2D eigenvalue weighted by molar-refractivity contribution is 7.90. The zero-order valence-corrected chi connectivity index (χ0v) is 13.0. The van der Waals surface area contributed by atoms with Crippen molar-refractivity contribution in [3.8, 4) is 0 Å². The maximum Gasteiger partial charge on any atom is 0.154 e. The van der Waals surface area contributed by atoms with Gasteiger partial charge >= 0.3 is 0 Å². The summed E-state index contributed by atoms with van der Waals surface area (Å²) in [5, 5.41) is 3.30. The summed E-state index contributed by atoms with van der Waals surface area (Å²) in [4.78, 5) is 0. The van der Waals surface area contributed by atoms with Gasteiger partial charge in [-0.3, -0.25) is 0 Å². The van der Waals surface area contributed by atoms with Gasteiger partial charge in [-0.05, 0) is 44.4 Å². The Kier molecular flexibility index (Phi) is 6.52. The topological polar surface area (TPSA) is 46.2 Å². The van der Waals surface area contributed by atoms with Crippen LogP contribution in [0.5, 0.6) is 0 Å². The van der Waals surface area contributed by atoms with Gasteiger partial charge in [-0.25, -0.2) is 8.42 Å². The maximum absolute atomic E-state index is 12.1. The van der Waals surface area contributed by atoms with Crippen molar-refractivity contribution in [2.24, 2.45) is 0 Å². The molecular formula is C15H25NO2S. The van der Waals surface area contributed by atoms with E-state index < -0.39 is 9.84 Å². The average molecular weight is 283 g/mol. The zero-order valence-electron chi connectivity index (χ0n) is 12.1. The van der Waals surface area contributed by atoms with Crippen LogP contribution >= 0.6 is 0 Å². The van der Waals surface area contributed by atoms with E-state index in [-0.39, 0.29) is 11.5 Å². The number of rotatable bonds is 8. The summed E-state index contributed by atoms with van der Waals surface area (Å²) in [5.41, 5.74) is 1.97. The molecule has 19 heavy (non-hydrogen) atoms. The van der Waals surface area contributed by atoms with Crippen molar-refractivity contribution in [3.63, 3.8) is 0 Å². The van der Waals surface area contributed by atoms with Crippen LogP contribution in [-0.2, 0) is 15.6 Å². The minimum atomic E-state index is -3.00. The lowest BCUT2D eigenvalue weighted by Gasteiger charge is -2.12.